The smallest absolute Gasteiger partial charge is 0.356 e. The monoisotopic (exact) mass is 567 g/mol. The number of piperidine rings is 1. The van der Waals surface area contributed by atoms with Gasteiger partial charge in [0.15, 0.2) is 0 Å². The Hall–Kier alpha value is -4.37. The van der Waals surface area contributed by atoms with Crippen LogP contribution < -0.4 is 0 Å². The van der Waals surface area contributed by atoms with Crippen LogP contribution in [-0.2, 0) is 11.3 Å². The van der Waals surface area contributed by atoms with Crippen molar-refractivity contribution < 1.29 is 18.7 Å². The maximum absolute atomic E-state index is 14.0. The molecule has 0 spiro atoms. The first-order valence-corrected chi connectivity index (χ1v) is 14.4. The molecule has 6 rings (SSSR count). The van der Waals surface area contributed by atoms with E-state index in [9.17, 15) is 14.0 Å². The number of halogens is 1. The molecule has 2 aromatic heterocycles. The van der Waals surface area contributed by atoms with Crippen molar-refractivity contribution in [1.82, 2.24) is 24.6 Å². The summed E-state index contributed by atoms with van der Waals surface area (Å²) < 4.78 is 20.3. The molecule has 216 valence electrons. The van der Waals surface area contributed by atoms with Crippen LogP contribution in [0.25, 0.3) is 5.69 Å². The van der Waals surface area contributed by atoms with E-state index in [2.05, 4.69) is 27.1 Å². The fourth-order valence-electron chi connectivity index (χ4n) is 6.18. The van der Waals surface area contributed by atoms with Crippen LogP contribution in [0.15, 0.2) is 79.1 Å². The summed E-state index contributed by atoms with van der Waals surface area (Å²) in [5, 5.41) is 4.66. The summed E-state index contributed by atoms with van der Waals surface area (Å²) in [5.41, 5.74) is 4.85. The van der Waals surface area contributed by atoms with Crippen molar-refractivity contribution in [2.24, 2.45) is 0 Å². The normalized spacial score (nSPS) is 17.9. The molecule has 0 radical (unpaired) electrons. The van der Waals surface area contributed by atoms with Gasteiger partial charge in [0.05, 0.1) is 30.3 Å². The molecule has 4 heterocycles. The van der Waals surface area contributed by atoms with E-state index >= 15 is 0 Å². The van der Waals surface area contributed by atoms with Crippen LogP contribution in [-0.4, -0.2) is 69.7 Å². The molecule has 2 aliphatic heterocycles. The van der Waals surface area contributed by atoms with Crippen LogP contribution in [0.5, 0.6) is 0 Å². The van der Waals surface area contributed by atoms with E-state index in [1.807, 2.05) is 33.8 Å². The van der Waals surface area contributed by atoms with Gasteiger partial charge in [0.1, 0.15) is 11.5 Å². The summed E-state index contributed by atoms with van der Waals surface area (Å²) in [5.74, 6) is -0.300. The molecule has 0 aliphatic carbocycles. The third-order valence-electron chi connectivity index (χ3n) is 8.45. The fraction of sp³-hybridized carbons (Fsp3) is 0.333. The number of hydrogen-bond acceptors (Lipinski definition) is 6. The molecule has 1 amide bonds. The number of pyridine rings is 1. The molecule has 2 aromatic carbocycles. The Morgan fingerprint density at radius 3 is 2.33 bits per heavy atom. The lowest BCUT2D eigenvalue weighted by atomic mass is 9.90. The number of aromatic nitrogens is 3. The van der Waals surface area contributed by atoms with Crippen molar-refractivity contribution in [3.05, 3.63) is 113 Å². The molecule has 0 saturated carbocycles. The summed E-state index contributed by atoms with van der Waals surface area (Å²) in [6.07, 6.45) is 6.06. The number of nitrogens with zero attached hydrogens (tertiary/aromatic N) is 5. The Morgan fingerprint density at radius 1 is 0.905 bits per heavy atom. The van der Waals surface area contributed by atoms with Gasteiger partial charge in [-0.2, -0.15) is 5.10 Å². The summed E-state index contributed by atoms with van der Waals surface area (Å²) in [7, 11) is 1.34. The van der Waals surface area contributed by atoms with Crippen molar-refractivity contribution in [2.45, 2.75) is 37.6 Å². The third kappa shape index (κ3) is 5.83. The average Bonchev–Trinajstić information content (AvgIpc) is 3.71. The molecule has 2 aliphatic rings. The van der Waals surface area contributed by atoms with E-state index in [0.717, 1.165) is 55.8 Å². The van der Waals surface area contributed by atoms with E-state index in [0.29, 0.717) is 30.3 Å². The SMILES string of the molecule is COC(=O)c1ccc(CN2CCC(c3c(C(=O)N4CC[C@H](c5ccccc5)C4)cnn3-c3ccc(F)cc3)CC2)cn1. The number of benzene rings is 2. The number of likely N-dealkylation sites (tertiary alicyclic amines) is 2. The minimum absolute atomic E-state index is 0.0102. The van der Waals surface area contributed by atoms with Gasteiger partial charge in [-0.25, -0.2) is 18.9 Å². The zero-order valence-electron chi connectivity index (χ0n) is 23.7. The highest BCUT2D eigenvalue weighted by Crippen LogP contribution is 2.35. The van der Waals surface area contributed by atoms with E-state index in [1.54, 1.807) is 30.6 Å². The highest BCUT2D eigenvalue weighted by Gasteiger charge is 2.34. The van der Waals surface area contributed by atoms with Crippen LogP contribution in [0.2, 0.25) is 0 Å². The number of carbonyl (C=O) groups excluding carboxylic acids is 2. The second-order valence-corrected chi connectivity index (χ2v) is 11.1. The molecule has 0 unspecified atom stereocenters. The average molecular weight is 568 g/mol. The van der Waals surface area contributed by atoms with Crippen molar-refractivity contribution in [3.8, 4) is 5.69 Å². The van der Waals surface area contributed by atoms with Crippen LogP contribution in [0.1, 0.15) is 68.8 Å². The molecule has 2 fully saturated rings. The Bertz CT molecular complexity index is 1530. The van der Waals surface area contributed by atoms with Crippen molar-refractivity contribution in [3.63, 3.8) is 0 Å². The second-order valence-electron chi connectivity index (χ2n) is 11.1. The van der Waals surface area contributed by atoms with Crippen LogP contribution in [0.3, 0.4) is 0 Å². The third-order valence-corrected chi connectivity index (χ3v) is 8.45. The number of ether oxygens (including phenoxy) is 1. The molecule has 42 heavy (non-hydrogen) atoms. The van der Waals surface area contributed by atoms with Crippen molar-refractivity contribution in [2.75, 3.05) is 33.3 Å². The lowest BCUT2D eigenvalue weighted by Crippen LogP contribution is -2.34. The predicted molar refractivity (Wildman–Crippen MR) is 156 cm³/mol. The van der Waals surface area contributed by atoms with Gasteiger partial charge >= 0.3 is 5.97 Å². The van der Waals surface area contributed by atoms with E-state index in [-0.39, 0.29) is 17.6 Å². The Kier molecular flexibility index (Phi) is 8.10. The first-order valence-electron chi connectivity index (χ1n) is 14.4. The van der Waals surface area contributed by atoms with Gasteiger partial charge < -0.3 is 9.64 Å². The number of amides is 1. The highest BCUT2D eigenvalue weighted by molar-refractivity contribution is 5.95. The van der Waals surface area contributed by atoms with Crippen LogP contribution >= 0.6 is 0 Å². The number of carbonyl (C=O) groups is 2. The molecule has 1 atom stereocenters. The standard InChI is InChI=1S/C33H34FN5O3/c1-42-33(41)30-12-7-23(19-35-30)21-37-16-13-25(14-17-37)31-29(20-36-39(31)28-10-8-27(34)9-11-28)32(40)38-18-15-26(22-38)24-5-3-2-4-6-24/h2-12,19-20,25-26H,13-18,21-22H2,1H3/t26-/m0/s1. The molecule has 4 aromatic rings. The Balaban J connectivity index is 1.20. The number of methoxy groups -OCH3 is 1. The Labute approximate surface area is 244 Å². The lowest BCUT2D eigenvalue weighted by molar-refractivity contribution is 0.0593. The summed E-state index contributed by atoms with van der Waals surface area (Å²) >= 11 is 0. The quantitative estimate of drug-likeness (QED) is 0.286. The van der Waals surface area contributed by atoms with Crippen LogP contribution in [0, 0.1) is 5.82 Å². The van der Waals surface area contributed by atoms with Gasteiger partial charge in [-0.05, 0) is 73.8 Å². The maximum Gasteiger partial charge on any atom is 0.356 e. The minimum Gasteiger partial charge on any atom is -0.464 e. The second kappa shape index (κ2) is 12.2. The number of esters is 1. The molecule has 8 nitrogen and oxygen atoms in total. The van der Waals surface area contributed by atoms with Gasteiger partial charge in [0, 0.05) is 37.7 Å². The molecular weight excluding hydrogens is 533 g/mol. The van der Waals surface area contributed by atoms with Crippen molar-refractivity contribution >= 4 is 11.9 Å². The zero-order valence-corrected chi connectivity index (χ0v) is 23.7. The first-order chi connectivity index (χ1) is 20.5. The topological polar surface area (TPSA) is 80.6 Å². The van der Waals surface area contributed by atoms with Crippen LogP contribution in [0.4, 0.5) is 4.39 Å². The summed E-state index contributed by atoms with van der Waals surface area (Å²) in [4.78, 5) is 34.2. The maximum atomic E-state index is 14.0. The van der Waals surface area contributed by atoms with Gasteiger partial charge in [0.25, 0.3) is 5.91 Å². The largest absolute Gasteiger partial charge is 0.464 e. The molecule has 0 N–H and O–H groups in total. The van der Waals surface area contributed by atoms with Gasteiger partial charge in [-0.15, -0.1) is 0 Å². The highest BCUT2D eigenvalue weighted by atomic mass is 19.1. The summed E-state index contributed by atoms with van der Waals surface area (Å²) in [6, 6.07) is 20.2. The van der Waals surface area contributed by atoms with E-state index in [4.69, 9.17) is 4.74 Å². The van der Waals surface area contributed by atoms with Crippen molar-refractivity contribution in [1.29, 1.82) is 0 Å². The molecule has 9 heteroatoms. The zero-order chi connectivity index (χ0) is 29.1. The lowest BCUT2D eigenvalue weighted by Gasteiger charge is -2.33. The van der Waals surface area contributed by atoms with E-state index in [1.165, 1.54) is 24.8 Å². The van der Waals surface area contributed by atoms with E-state index < -0.39 is 5.97 Å². The van der Waals surface area contributed by atoms with Gasteiger partial charge in [-0.1, -0.05) is 36.4 Å². The Morgan fingerprint density at radius 2 is 1.64 bits per heavy atom. The summed E-state index contributed by atoms with van der Waals surface area (Å²) in [6.45, 7) is 3.79. The molecule has 2 saturated heterocycles. The first kappa shape index (κ1) is 27.8. The van der Waals surface area contributed by atoms with Gasteiger partial charge in [-0.3, -0.25) is 9.69 Å². The predicted octanol–water partition coefficient (Wildman–Crippen LogP) is 5.20. The minimum atomic E-state index is -0.449. The van der Waals surface area contributed by atoms with Gasteiger partial charge in [0.2, 0.25) is 0 Å². The number of hydrogen-bond donors (Lipinski definition) is 0. The fourth-order valence-corrected chi connectivity index (χ4v) is 6.18. The molecule has 0 bridgehead atoms. The number of rotatable bonds is 7. The molecular formula is C33H34FN5O3.